The first kappa shape index (κ1) is 15.0. The van der Waals surface area contributed by atoms with Crippen LogP contribution in [-0.4, -0.2) is 38.2 Å². The standard InChI is InChI=1S/C20H26N2O/c1-23-18-10-9-15-5-2-3-8-17(15)19(18)20(16-6-4-7-16)22-13-11-21-12-14-22/h2-3,5,8-10,16,20-21H,4,6-7,11-14H2,1H3/t20-/m0/s1. The van der Waals surface area contributed by atoms with E-state index >= 15 is 0 Å². The molecule has 0 aromatic heterocycles. The highest BCUT2D eigenvalue weighted by atomic mass is 16.5. The predicted octanol–water partition coefficient (Wildman–Crippen LogP) is 3.59. The molecule has 1 N–H and O–H groups in total. The number of rotatable bonds is 4. The Morgan fingerprint density at radius 1 is 1.09 bits per heavy atom. The molecular weight excluding hydrogens is 284 g/mol. The highest BCUT2D eigenvalue weighted by Crippen LogP contribution is 2.46. The van der Waals surface area contributed by atoms with Gasteiger partial charge in [0, 0.05) is 37.8 Å². The van der Waals surface area contributed by atoms with Gasteiger partial charge in [-0.3, -0.25) is 4.90 Å². The third-order valence-electron chi connectivity index (χ3n) is 5.59. The molecular formula is C20H26N2O. The van der Waals surface area contributed by atoms with Crippen LogP contribution in [0.3, 0.4) is 0 Å². The Morgan fingerprint density at radius 2 is 1.87 bits per heavy atom. The van der Waals surface area contributed by atoms with Crippen molar-refractivity contribution in [1.29, 1.82) is 0 Å². The lowest BCUT2D eigenvalue weighted by Gasteiger charge is -2.44. The molecule has 0 unspecified atom stereocenters. The van der Waals surface area contributed by atoms with E-state index < -0.39 is 0 Å². The molecule has 1 heterocycles. The van der Waals surface area contributed by atoms with E-state index in [1.54, 1.807) is 0 Å². The van der Waals surface area contributed by atoms with E-state index in [9.17, 15) is 0 Å². The molecule has 2 aromatic carbocycles. The molecule has 2 aliphatic rings. The largest absolute Gasteiger partial charge is 0.496 e. The minimum absolute atomic E-state index is 0.493. The number of fused-ring (bicyclic) bond motifs is 1. The fraction of sp³-hybridized carbons (Fsp3) is 0.500. The first-order chi connectivity index (χ1) is 11.4. The Labute approximate surface area is 138 Å². The zero-order valence-corrected chi connectivity index (χ0v) is 13.9. The monoisotopic (exact) mass is 310 g/mol. The molecule has 3 heteroatoms. The van der Waals surface area contributed by atoms with Gasteiger partial charge in [0.05, 0.1) is 7.11 Å². The summed E-state index contributed by atoms with van der Waals surface area (Å²) in [5.41, 5.74) is 1.41. The second kappa shape index (κ2) is 6.50. The molecule has 2 fully saturated rings. The Bertz CT molecular complexity index is 674. The minimum Gasteiger partial charge on any atom is -0.496 e. The summed E-state index contributed by atoms with van der Waals surface area (Å²) in [6.07, 6.45) is 4.07. The number of nitrogens with zero attached hydrogens (tertiary/aromatic N) is 1. The van der Waals surface area contributed by atoms with Crippen molar-refractivity contribution in [2.24, 2.45) is 5.92 Å². The van der Waals surface area contributed by atoms with Crippen LogP contribution in [0.25, 0.3) is 10.8 Å². The van der Waals surface area contributed by atoms with Crippen molar-refractivity contribution in [2.45, 2.75) is 25.3 Å². The average molecular weight is 310 g/mol. The first-order valence-electron chi connectivity index (χ1n) is 8.89. The van der Waals surface area contributed by atoms with Crippen LogP contribution in [0.1, 0.15) is 30.9 Å². The van der Waals surface area contributed by atoms with E-state index in [1.807, 2.05) is 7.11 Å². The van der Waals surface area contributed by atoms with Gasteiger partial charge in [-0.2, -0.15) is 0 Å². The summed E-state index contributed by atoms with van der Waals surface area (Å²) in [5.74, 6) is 1.83. The normalized spacial score (nSPS) is 21.1. The molecule has 23 heavy (non-hydrogen) atoms. The van der Waals surface area contributed by atoms with Crippen molar-refractivity contribution in [1.82, 2.24) is 10.2 Å². The summed E-state index contributed by atoms with van der Waals surface area (Å²) >= 11 is 0. The van der Waals surface area contributed by atoms with Crippen LogP contribution >= 0.6 is 0 Å². The van der Waals surface area contributed by atoms with E-state index in [2.05, 4.69) is 46.6 Å². The van der Waals surface area contributed by atoms with Crippen molar-refractivity contribution < 1.29 is 4.74 Å². The van der Waals surface area contributed by atoms with Crippen LogP contribution in [-0.2, 0) is 0 Å². The zero-order valence-electron chi connectivity index (χ0n) is 13.9. The molecule has 1 saturated carbocycles. The van der Waals surface area contributed by atoms with Gasteiger partial charge in [-0.25, -0.2) is 0 Å². The van der Waals surface area contributed by atoms with Crippen molar-refractivity contribution in [3.05, 3.63) is 42.0 Å². The van der Waals surface area contributed by atoms with Gasteiger partial charge in [-0.15, -0.1) is 0 Å². The Kier molecular flexibility index (Phi) is 4.23. The molecule has 0 radical (unpaired) electrons. The minimum atomic E-state index is 0.493. The van der Waals surface area contributed by atoms with E-state index in [0.29, 0.717) is 6.04 Å². The number of hydrogen-bond donors (Lipinski definition) is 1. The lowest BCUT2D eigenvalue weighted by molar-refractivity contribution is 0.0828. The lowest BCUT2D eigenvalue weighted by Crippen LogP contribution is -2.48. The number of piperazine rings is 1. The van der Waals surface area contributed by atoms with Crippen molar-refractivity contribution in [2.75, 3.05) is 33.3 Å². The van der Waals surface area contributed by atoms with Gasteiger partial charge in [0.25, 0.3) is 0 Å². The number of methoxy groups -OCH3 is 1. The summed E-state index contributed by atoms with van der Waals surface area (Å²) in [6.45, 7) is 4.45. The van der Waals surface area contributed by atoms with Gasteiger partial charge in [-0.05, 0) is 35.6 Å². The number of hydrogen-bond acceptors (Lipinski definition) is 3. The molecule has 4 rings (SSSR count). The molecule has 122 valence electrons. The second-order valence-corrected chi connectivity index (χ2v) is 6.82. The van der Waals surface area contributed by atoms with Crippen LogP contribution in [0.4, 0.5) is 0 Å². The predicted molar refractivity (Wildman–Crippen MR) is 95.0 cm³/mol. The summed E-state index contributed by atoms with van der Waals surface area (Å²) in [6, 6.07) is 13.6. The molecule has 0 spiro atoms. The van der Waals surface area contributed by atoms with Crippen molar-refractivity contribution in [3.63, 3.8) is 0 Å². The SMILES string of the molecule is COc1ccc2ccccc2c1[C@H](C1CCC1)N1CCNCC1. The van der Waals surface area contributed by atoms with Gasteiger partial charge in [-0.1, -0.05) is 36.8 Å². The number of benzene rings is 2. The molecule has 3 nitrogen and oxygen atoms in total. The number of ether oxygens (including phenoxy) is 1. The number of nitrogens with one attached hydrogen (secondary N) is 1. The smallest absolute Gasteiger partial charge is 0.124 e. The third-order valence-corrected chi connectivity index (χ3v) is 5.59. The van der Waals surface area contributed by atoms with Gasteiger partial charge < -0.3 is 10.1 Å². The summed E-state index contributed by atoms with van der Waals surface area (Å²) < 4.78 is 5.80. The Hall–Kier alpha value is -1.58. The van der Waals surface area contributed by atoms with Crippen LogP contribution in [0.5, 0.6) is 5.75 Å². The van der Waals surface area contributed by atoms with Crippen molar-refractivity contribution in [3.8, 4) is 5.75 Å². The maximum atomic E-state index is 5.80. The summed E-state index contributed by atoms with van der Waals surface area (Å²) in [4.78, 5) is 2.69. The van der Waals surface area contributed by atoms with E-state index in [-0.39, 0.29) is 0 Å². The third kappa shape index (κ3) is 2.73. The molecule has 1 aliphatic heterocycles. The summed E-state index contributed by atoms with van der Waals surface area (Å²) in [7, 11) is 1.81. The zero-order chi connectivity index (χ0) is 15.6. The highest BCUT2D eigenvalue weighted by molar-refractivity contribution is 5.88. The highest BCUT2D eigenvalue weighted by Gasteiger charge is 2.36. The van der Waals surface area contributed by atoms with Crippen LogP contribution < -0.4 is 10.1 Å². The van der Waals surface area contributed by atoms with Crippen LogP contribution in [0, 0.1) is 5.92 Å². The quantitative estimate of drug-likeness (QED) is 0.934. The summed E-state index contributed by atoms with van der Waals surface area (Å²) in [5, 5.41) is 6.17. The molecule has 0 amide bonds. The van der Waals surface area contributed by atoms with Gasteiger partial charge in [0.15, 0.2) is 0 Å². The fourth-order valence-electron chi connectivity index (χ4n) is 4.19. The van der Waals surface area contributed by atoms with Crippen LogP contribution in [0.2, 0.25) is 0 Å². The van der Waals surface area contributed by atoms with E-state index in [1.165, 1.54) is 35.6 Å². The van der Waals surface area contributed by atoms with Gasteiger partial charge in [0.1, 0.15) is 5.75 Å². The maximum Gasteiger partial charge on any atom is 0.124 e. The molecule has 1 atom stereocenters. The first-order valence-corrected chi connectivity index (χ1v) is 8.89. The van der Waals surface area contributed by atoms with Crippen molar-refractivity contribution >= 4 is 10.8 Å². The second-order valence-electron chi connectivity index (χ2n) is 6.82. The average Bonchev–Trinajstić information content (AvgIpc) is 2.58. The van der Waals surface area contributed by atoms with E-state index in [0.717, 1.165) is 37.8 Å². The topological polar surface area (TPSA) is 24.5 Å². The maximum absolute atomic E-state index is 5.80. The van der Waals surface area contributed by atoms with Crippen LogP contribution in [0.15, 0.2) is 36.4 Å². The molecule has 2 aromatic rings. The van der Waals surface area contributed by atoms with E-state index in [4.69, 9.17) is 4.74 Å². The molecule has 1 saturated heterocycles. The van der Waals surface area contributed by atoms with Gasteiger partial charge in [0.2, 0.25) is 0 Å². The Balaban J connectivity index is 1.85. The fourth-order valence-corrected chi connectivity index (χ4v) is 4.19. The molecule has 1 aliphatic carbocycles. The molecule has 0 bridgehead atoms. The lowest BCUT2D eigenvalue weighted by atomic mass is 9.75. The Morgan fingerprint density at radius 3 is 2.57 bits per heavy atom. The van der Waals surface area contributed by atoms with Gasteiger partial charge >= 0.3 is 0 Å².